The Balaban J connectivity index is 2.42. The first kappa shape index (κ1) is 13.7. The summed E-state index contributed by atoms with van der Waals surface area (Å²) in [5.74, 6) is 0.638. The fourth-order valence-corrected chi connectivity index (χ4v) is 2.23. The van der Waals surface area contributed by atoms with E-state index in [1.807, 2.05) is 32.0 Å². The van der Waals surface area contributed by atoms with E-state index in [9.17, 15) is 4.79 Å². The standard InChI is InChI=1S/C14H19N3O2/c1-3-17(8-9-18)10(2)13-15-12-7-5-4-6-11(12)14(19)16-13/h4-7,10,18H,3,8-9H2,1-2H3,(H,15,16,19). The maximum absolute atomic E-state index is 12.0. The van der Waals surface area contributed by atoms with Crippen molar-refractivity contribution in [2.75, 3.05) is 19.7 Å². The highest BCUT2D eigenvalue weighted by Crippen LogP contribution is 2.16. The van der Waals surface area contributed by atoms with E-state index in [4.69, 9.17) is 5.11 Å². The van der Waals surface area contributed by atoms with Gasteiger partial charge >= 0.3 is 0 Å². The van der Waals surface area contributed by atoms with Gasteiger partial charge in [0.25, 0.3) is 5.56 Å². The summed E-state index contributed by atoms with van der Waals surface area (Å²) in [6.45, 7) is 5.44. The predicted octanol–water partition coefficient (Wildman–Crippen LogP) is 1.30. The highest BCUT2D eigenvalue weighted by atomic mass is 16.3. The van der Waals surface area contributed by atoms with Gasteiger partial charge in [-0.15, -0.1) is 0 Å². The predicted molar refractivity (Wildman–Crippen MR) is 75.1 cm³/mol. The second-order valence-electron chi connectivity index (χ2n) is 4.50. The van der Waals surface area contributed by atoms with Crippen LogP contribution in [0.3, 0.4) is 0 Å². The van der Waals surface area contributed by atoms with Crippen molar-refractivity contribution in [3.05, 3.63) is 40.4 Å². The number of hydrogen-bond acceptors (Lipinski definition) is 4. The molecule has 2 N–H and O–H groups in total. The third-order valence-corrected chi connectivity index (χ3v) is 3.37. The molecule has 0 saturated heterocycles. The minimum absolute atomic E-state index is 0.0329. The van der Waals surface area contributed by atoms with Crippen LogP contribution in [-0.4, -0.2) is 39.7 Å². The molecule has 1 aromatic carbocycles. The van der Waals surface area contributed by atoms with Crippen LogP contribution >= 0.6 is 0 Å². The van der Waals surface area contributed by atoms with Gasteiger partial charge in [-0.05, 0) is 25.6 Å². The van der Waals surface area contributed by atoms with Crippen LogP contribution in [0.25, 0.3) is 10.9 Å². The minimum atomic E-state index is -0.118. The molecule has 1 atom stereocenters. The second kappa shape index (κ2) is 5.95. The zero-order chi connectivity index (χ0) is 13.8. The molecule has 0 amide bonds. The maximum atomic E-state index is 12.0. The van der Waals surface area contributed by atoms with E-state index < -0.39 is 0 Å². The number of nitrogens with zero attached hydrogens (tertiary/aromatic N) is 2. The van der Waals surface area contributed by atoms with Gasteiger partial charge < -0.3 is 10.1 Å². The number of aromatic nitrogens is 2. The van der Waals surface area contributed by atoms with Crippen molar-refractivity contribution in [3.63, 3.8) is 0 Å². The summed E-state index contributed by atoms with van der Waals surface area (Å²) in [5.41, 5.74) is 0.584. The number of benzene rings is 1. The van der Waals surface area contributed by atoms with E-state index in [-0.39, 0.29) is 18.2 Å². The lowest BCUT2D eigenvalue weighted by atomic mass is 10.2. The van der Waals surface area contributed by atoms with E-state index in [0.29, 0.717) is 23.3 Å². The number of aromatic amines is 1. The van der Waals surface area contributed by atoms with E-state index in [0.717, 1.165) is 6.54 Å². The molecule has 19 heavy (non-hydrogen) atoms. The summed E-state index contributed by atoms with van der Waals surface area (Å²) in [4.78, 5) is 21.4. The number of para-hydroxylation sites is 1. The molecule has 2 aromatic rings. The van der Waals surface area contributed by atoms with Gasteiger partial charge in [0.05, 0.1) is 23.6 Å². The third kappa shape index (κ3) is 2.83. The summed E-state index contributed by atoms with van der Waals surface area (Å²) in [6.07, 6.45) is 0. The van der Waals surface area contributed by atoms with Crippen LogP contribution in [0.15, 0.2) is 29.1 Å². The number of nitrogens with one attached hydrogen (secondary N) is 1. The average Bonchev–Trinajstić information content (AvgIpc) is 2.44. The summed E-state index contributed by atoms with van der Waals surface area (Å²) in [6, 6.07) is 7.26. The molecule has 102 valence electrons. The number of aliphatic hydroxyl groups excluding tert-OH is 1. The van der Waals surface area contributed by atoms with Crippen LogP contribution < -0.4 is 5.56 Å². The van der Waals surface area contributed by atoms with Crippen LogP contribution in [0.2, 0.25) is 0 Å². The first-order valence-electron chi connectivity index (χ1n) is 6.51. The molecule has 0 radical (unpaired) electrons. The van der Waals surface area contributed by atoms with Crippen molar-refractivity contribution in [3.8, 4) is 0 Å². The van der Waals surface area contributed by atoms with Crippen molar-refractivity contribution in [1.82, 2.24) is 14.9 Å². The summed E-state index contributed by atoms with van der Waals surface area (Å²) >= 11 is 0. The second-order valence-corrected chi connectivity index (χ2v) is 4.50. The third-order valence-electron chi connectivity index (χ3n) is 3.37. The Bertz CT molecular complexity index is 609. The lowest BCUT2D eigenvalue weighted by molar-refractivity contribution is 0.161. The van der Waals surface area contributed by atoms with Crippen molar-refractivity contribution in [2.24, 2.45) is 0 Å². The molecule has 0 aliphatic heterocycles. The molecular formula is C14H19N3O2. The molecule has 1 unspecified atom stereocenters. The van der Waals surface area contributed by atoms with Gasteiger partial charge in [-0.1, -0.05) is 19.1 Å². The molecule has 5 heteroatoms. The van der Waals surface area contributed by atoms with Gasteiger partial charge in [-0.3, -0.25) is 9.69 Å². The number of H-pyrrole nitrogens is 1. The first-order valence-corrected chi connectivity index (χ1v) is 6.51. The van der Waals surface area contributed by atoms with Crippen LogP contribution in [0.5, 0.6) is 0 Å². The Morgan fingerprint density at radius 3 is 2.84 bits per heavy atom. The smallest absolute Gasteiger partial charge is 0.258 e. The monoisotopic (exact) mass is 261 g/mol. The van der Waals surface area contributed by atoms with E-state index in [1.54, 1.807) is 6.07 Å². The Kier molecular flexibility index (Phi) is 4.29. The van der Waals surface area contributed by atoms with Crippen molar-refractivity contribution in [1.29, 1.82) is 0 Å². The van der Waals surface area contributed by atoms with Gasteiger partial charge in [0, 0.05) is 6.54 Å². The zero-order valence-corrected chi connectivity index (χ0v) is 11.3. The van der Waals surface area contributed by atoms with Gasteiger partial charge in [0.2, 0.25) is 0 Å². The average molecular weight is 261 g/mol. The number of rotatable bonds is 5. The SMILES string of the molecule is CCN(CCO)C(C)c1nc2ccccc2c(=O)[nH]1. The number of fused-ring (bicyclic) bond motifs is 1. The minimum Gasteiger partial charge on any atom is -0.395 e. The largest absolute Gasteiger partial charge is 0.395 e. The normalized spacial score (nSPS) is 13.1. The number of hydrogen-bond donors (Lipinski definition) is 2. The topological polar surface area (TPSA) is 69.2 Å². The molecule has 1 heterocycles. The van der Waals surface area contributed by atoms with Crippen LogP contribution in [0, 0.1) is 0 Å². The van der Waals surface area contributed by atoms with Crippen LogP contribution in [0.4, 0.5) is 0 Å². The Morgan fingerprint density at radius 1 is 1.42 bits per heavy atom. The Labute approximate surface area is 111 Å². The number of aliphatic hydroxyl groups is 1. The van der Waals surface area contributed by atoms with E-state index >= 15 is 0 Å². The van der Waals surface area contributed by atoms with Crippen molar-refractivity contribution in [2.45, 2.75) is 19.9 Å². The Morgan fingerprint density at radius 2 is 2.16 bits per heavy atom. The molecule has 0 aliphatic rings. The highest BCUT2D eigenvalue weighted by molar-refractivity contribution is 5.77. The zero-order valence-electron chi connectivity index (χ0n) is 11.3. The summed E-state index contributed by atoms with van der Waals surface area (Å²) in [5, 5.41) is 9.66. The fraction of sp³-hybridized carbons (Fsp3) is 0.429. The molecule has 0 spiro atoms. The molecule has 0 bridgehead atoms. The molecule has 0 fully saturated rings. The summed E-state index contributed by atoms with van der Waals surface area (Å²) in [7, 11) is 0. The van der Waals surface area contributed by atoms with Gasteiger partial charge in [0.1, 0.15) is 5.82 Å². The molecule has 0 saturated carbocycles. The molecule has 5 nitrogen and oxygen atoms in total. The number of likely N-dealkylation sites (N-methyl/N-ethyl adjacent to an activating group) is 1. The van der Waals surface area contributed by atoms with Crippen molar-refractivity contribution >= 4 is 10.9 Å². The molecular weight excluding hydrogens is 242 g/mol. The fourth-order valence-electron chi connectivity index (χ4n) is 2.23. The molecule has 1 aromatic heterocycles. The Hall–Kier alpha value is -1.72. The molecule has 0 aliphatic carbocycles. The molecule has 2 rings (SSSR count). The van der Waals surface area contributed by atoms with Gasteiger partial charge in [-0.25, -0.2) is 4.98 Å². The van der Waals surface area contributed by atoms with Crippen LogP contribution in [-0.2, 0) is 0 Å². The maximum Gasteiger partial charge on any atom is 0.258 e. The summed E-state index contributed by atoms with van der Waals surface area (Å²) < 4.78 is 0. The van der Waals surface area contributed by atoms with Crippen LogP contribution in [0.1, 0.15) is 25.7 Å². The van der Waals surface area contributed by atoms with E-state index in [2.05, 4.69) is 14.9 Å². The van der Waals surface area contributed by atoms with E-state index in [1.165, 1.54) is 0 Å². The van der Waals surface area contributed by atoms with Gasteiger partial charge in [-0.2, -0.15) is 0 Å². The van der Waals surface area contributed by atoms with Gasteiger partial charge in [0.15, 0.2) is 0 Å². The quantitative estimate of drug-likeness (QED) is 0.851. The van der Waals surface area contributed by atoms with Crippen molar-refractivity contribution < 1.29 is 5.11 Å². The highest BCUT2D eigenvalue weighted by Gasteiger charge is 2.16. The first-order chi connectivity index (χ1) is 9.17. The lowest BCUT2D eigenvalue weighted by Crippen LogP contribution is -2.31. The lowest BCUT2D eigenvalue weighted by Gasteiger charge is -2.26.